The van der Waals surface area contributed by atoms with Crippen LogP contribution >= 0.6 is 0 Å². The van der Waals surface area contributed by atoms with Crippen molar-refractivity contribution in [1.82, 2.24) is 0 Å². The minimum Gasteiger partial charge on any atom is -0.362 e. The Hall–Kier alpha value is -2.74. The molecule has 0 amide bonds. The molecule has 0 saturated heterocycles. The quantitative estimate of drug-likeness (QED) is 0.564. The van der Waals surface area contributed by atoms with Gasteiger partial charge >= 0.3 is 0 Å². The first-order chi connectivity index (χ1) is 11.7. The SMILES string of the molecule is CC\C=C/C(C)=C\C=C\Nc1ccc(Nc2ccc(C)cc2)cc1. The topological polar surface area (TPSA) is 24.1 Å². The number of anilines is 3. The molecule has 0 aliphatic rings. The first-order valence-electron chi connectivity index (χ1n) is 8.37. The molecular weight excluding hydrogens is 292 g/mol. The molecule has 0 heterocycles. The summed E-state index contributed by atoms with van der Waals surface area (Å²) in [6.07, 6.45) is 11.4. The van der Waals surface area contributed by atoms with Gasteiger partial charge in [-0.25, -0.2) is 0 Å². The van der Waals surface area contributed by atoms with Crippen LogP contribution in [0.2, 0.25) is 0 Å². The number of nitrogens with one attached hydrogen (secondary N) is 2. The normalized spacial score (nSPS) is 12.0. The largest absolute Gasteiger partial charge is 0.362 e. The maximum absolute atomic E-state index is 3.40. The zero-order chi connectivity index (χ0) is 17.2. The third-order valence-corrected chi connectivity index (χ3v) is 3.55. The zero-order valence-electron chi connectivity index (χ0n) is 14.7. The standard InChI is InChI=1S/C22H26N2/c1-4-5-7-18(2)8-6-17-23-20-13-15-22(16-14-20)24-21-11-9-19(3)10-12-21/h5-17,23-24H,4H2,1-3H3/b7-5-,17-6+,18-8-. The van der Waals surface area contributed by atoms with Crippen LogP contribution in [0.25, 0.3) is 0 Å². The van der Waals surface area contributed by atoms with E-state index in [0.29, 0.717) is 0 Å². The molecule has 24 heavy (non-hydrogen) atoms. The molecule has 0 atom stereocenters. The lowest BCUT2D eigenvalue weighted by Gasteiger charge is -2.08. The molecule has 0 bridgehead atoms. The smallest absolute Gasteiger partial charge is 0.0385 e. The highest BCUT2D eigenvalue weighted by Gasteiger charge is 1.95. The Bertz CT molecular complexity index is 705. The average Bonchev–Trinajstić information content (AvgIpc) is 2.60. The van der Waals surface area contributed by atoms with Crippen molar-refractivity contribution in [1.29, 1.82) is 0 Å². The van der Waals surface area contributed by atoms with Gasteiger partial charge in [0.05, 0.1) is 0 Å². The number of allylic oxidation sites excluding steroid dienone is 5. The van der Waals surface area contributed by atoms with E-state index in [1.165, 1.54) is 11.1 Å². The minimum atomic E-state index is 1.07. The van der Waals surface area contributed by atoms with E-state index in [9.17, 15) is 0 Å². The number of hydrogen-bond donors (Lipinski definition) is 2. The third kappa shape index (κ3) is 6.17. The molecule has 0 aliphatic heterocycles. The summed E-state index contributed by atoms with van der Waals surface area (Å²) in [5.74, 6) is 0. The van der Waals surface area contributed by atoms with E-state index in [1.54, 1.807) is 0 Å². The number of aryl methyl sites for hydroxylation is 1. The van der Waals surface area contributed by atoms with Gasteiger partial charge < -0.3 is 10.6 Å². The second-order valence-corrected chi connectivity index (χ2v) is 5.79. The lowest BCUT2D eigenvalue weighted by atomic mass is 10.2. The fourth-order valence-electron chi connectivity index (χ4n) is 2.16. The molecule has 0 aromatic heterocycles. The van der Waals surface area contributed by atoms with Gasteiger partial charge in [-0.2, -0.15) is 0 Å². The Labute approximate surface area is 145 Å². The molecule has 0 fully saturated rings. The highest BCUT2D eigenvalue weighted by molar-refractivity contribution is 5.63. The van der Waals surface area contributed by atoms with Crippen LogP contribution in [-0.4, -0.2) is 0 Å². The predicted octanol–water partition coefficient (Wildman–Crippen LogP) is 6.58. The minimum absolute atomic E-state index is 1.07. The lowest BCUT2D eigenvalue weighted by Crippen LogP contribution is -1.91. The van der Waals surface area contributed by atoms with Crippen molar-refractivity contribution in [3.8, 4) is 0 Å². The van der Waals surface area contributed by atoms with Crippen LogP contribution in [-0.2, 0) is 0 Å². The van der Waals surface area contributed by atoms with Crippen LogP contribution in [0.1, 0.15) is 25.8 Å². The summed E-state index contributed by atoms with van der Waals surface area (Å²) >= 11 is 0. The molecule has 2 nitrogen and oxygen atoms in total. The zero-order valence-corrected chi connectivity index (χ0v) is 14.7. The Morgan fingerprint density at radius 3 is 2.12 bits per heavy atom. The molecule has 0 radical (unpaired) electrons. The average molecular weight is 318 g/mol. The number of rotatable bonds is 7. The van der Waals surface area contributed by atoms with Gasteiger partial charge in [0, 0.05) is 23.3 Å². The molecule has 2 aromatic carbocycles. The fraction of sp³-hybridized carbons (Fsp3) is 0.182. The van der Waals surface area contributed by atoms with Crippen LogP contribution in [0.5, 0.6) is 0 Å². The molecule has 2 heteroatoms. The van der Waals surface area contributed by atoms with Gasteiger partial charge in [0.2, 0.25) is 0 Å². The molecule has 0 saturated carbocycles. The molecular formula is C22H26N2. The summed E-state index contributed by atoms with van der Waals surface area (Å²) in [6.45, 7) is 6.33. The van der Waals surface area contributed by atoms with Crippen LogP contribution in [0, 0.1) is 6.92 Å². The summed E-state index contributed by atoms with van der Waals surface area (Å²) in [5, 5.41) is 6.67. The number of benzene rings is 2. The molecule has 2 rings (SSSR count). The lowest BCUT2D eigenvalue weighted by molar-refractivity contribution is 1.22. The van der Waals surface area contributed by atoms with Crippen LogP contribution < -0.4 is 10.6 Å². The third-order valence-electron chi connectivity index (χ3n) is 3.55. The van der Waals surface area contributed by atoms with E-state index >= 15 is 0 Å². The van der Waals surface area contributed by atoms with Gasteiger partial charge in [0.25, 0.3) is 0 Å². The van der Waals surface area contributed by atoms with Gasteiger partial charge in [-0.05, 0) is 62.7 Å². The maximum atomic E-state index is 3.40. The Balaban J connectivity index is 1.87. The molecule has 2 N–H and O–H groups in total. The highest BCUT2D eigenvalue weighted by atomic mass is 14.9. The van der Waals surface area contributed by atoms with E-state index in [-0.39, 0.29) is 0 Å². The van der Waals surface area contributed by atoms with E-state index < -0.39 is 0 Å². The second-order valence-electron chi connectivity index (χ2n) is 5.79. The molecule has 0 unspecified atom stereocenters. The van der Waals surface area contributed by atoms with Gasteiger partial charge in [0.15, 0.2) is 0 Å². The van der Waals surface area contributed by atoms with E-state index in [4.69, 9.17) is 0 Å². The maximum Gasteiger partial charge on any atom is 0.0385 e. The molecule has 124 valence electrons. The van der Waals surface area contributed by atoms with Crippen molar-refractivity contribution >= 4 is 17.1 Å². The summed E-state index contributed by atoms with van der Waals surface area (Å²) in [7, 11) is 0. The molecule has 2 aromatic rings. The van der Waals surface area contributed by atoms with Gasteiger partial charge in [0.1, 0.15) is 0 Å². The Morgan fingerprint density at radius 1 is 0.917 bits per heavy atom. The van der Waals surface area contributed by atoms with E-state index in [1.807, 2.05) is 12.3 Å². The van der Waals surface area contributed by atoms with Gasteiger partial charge in [-0.1, -0.05) is 48.4 Å². The van der Waals surface area contributed by atoms with Gasteiger partial charge in [-0.3, -0.25) is 0 Å². The van der Waals surface area contributed by atoms with E-state index in [0.717, 1.165) is 23.5 Å². The summed E-state index contributed by atoms with van der Waals surface area (Å²) in [5.41, 5.74) is 5.75. The second kappa shape index (κ2) is 9.41. The first-order valence-corrected chi connectivity index (χ1v) is 8.37. The van der Waals surface area contributed by atoms with Crippen molar-refractivity contribution in [3.63, 3.8) is 0 Å². The van der Waals surface area contributed by atoms with Crippen molar-refractivity contribution in [2.24, 2.45) is 0 Å². The van der Waals surface area contributed by atoms with Crippen molar-refractivity contribution in [2.75, 3.05) is 10.6 Å². The molecule has 0 spiro atoms. The van der Waals surface area contributed by atoms with Crippen molar-refractivity contribution < 1.29 is 0 Å². The fourth-order valence-corrected chi connectivity index (χ4v) is 2.16. The van der Waals surface area contributed by atoms with Crippen LogP contribution in [0.4, 0.5) is 17.1 Å². The van der Waals surface area contributed by atoms with Gasteiger partial charge in [-0.15, -0.1) is 0 Å². The van der Waals surface area contributed by atoms with Crippen molar-refractivity contribution in [2.45, 2.75) is 27.2 Å². The summed E-state index contributed by atoms with van der Waals surface area (Å²) < 4.78 is 0. The predicted molar refractivity (Wildman–Crippen MR) is 107 cm³/mol. The van der Waals surface area contributed by atoms with Crippen molar-refractivity contribution in [3.05, 3.63) is 90.2 Å². The number of hydrogen-bond acceptors (Lipinski definition) is 2. The Kier molecular flexibility index (Phi) is 6.91. The van der Waals surface area contributed by atoms with E-state index in [2.05, 4.69) is 98.2 Å². The molecule has 0 aliphatic carbocycles. The summed E-state index contributed by atoms with van der Waals surface area (Å²) in [6, 6.07) is 16.7. The Morgan fingerprint density at radius 2 is 1.50 bits per heavy atom. The van der Waals surface area contributed by atoms with Crippen LogP contribution in [0.3, 0.4) is 0 Å². The van der Waals surface area contributed by atoms with Crippen LogP contribution in [0.15, 0.2) is 84.6 Å². The monoisotopic (exact) mass is 318 g/mol. The summed E-state index contributed by atoms with van der Waals surface area (Å²) in [4.78, 5) is 0. The highest BCUT2D eigenvalue weighted by Crippen LogP contribution is 2.19. The first kappa shape index (κ1) is 17.6.